The summed E-state index contributed by atoms with van der Waals surface area (Å²) in [5, 5.41) is 24.3. The summed E-state index contributed by atoms with van der Waals surface area (Å²) in [7, 11) is 0. The van der Waals surface area contributed by atoms with Crippen LogP contribution in [0.15, 0.2) is 12.4 Å². The number of aliphatic hydroxyl groups is 1. The van der Waals surface area contributed by atoms with Gasteiger partial charge in [0.05, 0.1) is 17.4 Å². The smallest absolute Gasteiger partial charge is 0.102 e. The minimum absolute atomic E-state index is 0.429. The van der Waals surface area contributed by atoms with Gasteiger partial charge < -0.3 is 5.11 Å². The van der Waals surface area contributed by atoms with Crippen LogP contribution >= 0.6 is 0 Å². The Kier molecular flexibility index (Phi) is 5.48. The maximum Gasteiger partial charge on any atom is 0.102 e. The van der Waals surface area contributed by atoms with E-state index in [0.29, 0.717) is 16.9 Å². The fourth-order valence-electron chi connectivity index (χ4n) is 9.24. The van der Waals surface area contributed by atoms with E-state index in [-0.39, 0.29) is 0 Å². The Labute approximate surface area is 188 Å². The number of aromatic nitrogens is 2. The van der Waals surface area contributed by atoms with Crippen molar-refractivity contribution in [2.75, 3.05) is 0 Å². The van der Waals surface area contributed by atoms with Crippen LogP contribution in [0.25, 0.3) is 0 Å². The topological polar surface area (TPSA) is 61.8 Å². The normalized spacial score (nSPS) is 45.6. The predicted molar refractivity (Wildman–Crippen MR) is 122 cm³/mol. The maximum absolute atomic E-state index is 10.8. The summed E-state index contributed by atoms with van der Waals surface area (Å²) in [4.78, 5) is 0. The first-order chi connectivity index (χ1) is 14.8. The monoisotopic (exact) mass is 423 g/mol. The summed E-state index contributed by atoms with van der Waals surface area (Å²) in [6.45, 7) is 8.06. The van der Waals surface area contributed by atoms with Crippen molar-refractivity contribution in [3.63, 3.8) is 0 Å². The zero-order chi connectivity index (χ0) is 21.8. The molecule has 31 heavy (non-hydrogen) atoms. The van der Waals surface area contributed by atoms with E-state index < -0.39 is 5.60 Å². The highest BCUT2D eigenvalue weighted by Gasteiger charge is 2.57. The lowest BCUT2D eigenvalue weighted by Gasteiger charge is -2.55. The van der Waals surface area contributed by atoms with Crippen molar-refractivity contribution < 1.29 is 5.11 Å². The number of nitriles is 1. The Balaban J connectivity index is 1.31. The highest BCUT2D eigenvalue weighted by Crippen LogP contribution is 2.65. The fraction of sp³-hybridized carbons (Fsp3) is 0.852. The lowest BCUT2D eigenvalue weighted by atomic mass is 9.50. The molecule has 1 heterocycles. The minimum atomic E-state index is -0.429. The molecule has 0 saturated heterocycles. The Bertz CT molecular complexity index is 838. The Morgan fingerprint density at radius 2 is 1.97 bits per heavy atom. The predicted octanol–water partition coefficient (Wildman–Crippen LogP) is 5.80. The molecule has 1 aromatic heterocycles. The molecule has 4 fully saturated rings. The Hall–Kier alpha value is -1.34. The third-order valence-corrected chi connectivity index (χ3v) is 10.5. The molecule has 4 aliphatic rings. The van der Waals surface area contributed by atoms with E-state index in [2.05, 4.69) is 31.9 Å². The summed E-state index contributed by atoms with van der Waals surface area (Å²) in [5.41, 5.74) is 0.707. The standard InChI is InChI=1S/C27H41N3O/c1-18(16-30-17-19(14-28)15-29-30)24-8-9-25-23-7-6-20-13-26(2,31)11-4-5-21(20)22(23)10-12-27(24,25)3/h15,17-18,20-25,31H,4-13,16H2,1-3H3/t18-,20+,21-,22+,23+,24+,25-,26+,27+/m0/s1. The van der Waals surface area contributed by atoms with Crippen LogP contribution in [0, 0.1) is 58.2 Å². The van der Waals surface area contributed by atoms with Gasteiger partial charge in [-0.05, 0) is 112 Å². The van der Waals surface area contributed by atoms with Crippen molar-refractivity contribution in [1.82, 2.24) is 9.78 Å². The minimum Gasteiger partial charge on any atom is -0.390 e. The molecule has 4 aliphatic carbocycles. The molecular formula is C27H41N3O. The van der Waals surface area contributed by atoms with Gasteiger partial charge in [0.1, 0.15) is 6.07 Å². The number of hydrogen-bond donors (Lipinski definition) is 1. The van der Waals surface area contributed by atoms with E-state index >= 15 is 0 Å². The number of hydrogen-bond acceptors (Lipinski definition) is 3. The molecule has 0 spiro atoms. The van der Waals surface area contributed by atoms with Crippen LogP contribution < -0.4 is 0 Å². The van der Waals surface area contributed by atoms with Gasteiger partial charge in [-0.15, -0.1) is 0 Å². The molecule has 1 N–H and O–H groups in total. The zero-order valence-electron chi connectivity index (χ0n) is 19.8. The van der Waals surface area contributed by atoms with Crippen molar-refractivity contribution in [3.05, 3.63) is 18.0 Å². The Morgan fingerprint density at radius 3 is 2.74 bits per heavy atom. The van der Waals surface area contributed by atoms with Crippen LogP contribution in [0.2, 0.25) is 0 Å². The van der Waals surface area contributed by atoms with Gasteiger partial charge in [-0.25, -0.2) is 0 Å². The molecule has 170 valence electrons. The van der Waals surface area contributed by atoms with E-state index in [1.807, 2.05) is 10.9 Å². The van der Waals surface area contributed by atoms with Gasteiger partial charge in [0.2, 0.25) is 0 Å². The molecule has 0 aliphatic heterocycles. The SMILES string of the molecule is C[C@@H](Cn1cc(C#N)cn1)[C@H]1CC[C@H]2[C@@H]3CC[C@@H]4C[C@](C)(O)CCC[C@@H]4[C@H]3CC[C@]12C. The quantitative estimate of drug-likeness (QED) is 0.668. The number of nitrogens with zero attached hydrogens (tertiary/aromatic N) is 3. The molecule has 4 saturated carbocycles. The first-order valence-electron chi connectivity index (χ1n) is 13.0. The maximum atomic E-state index is 10.8. The average molecular weight is 424 g/mol. The molecule has 0 aromatic carbocycles. The molecule has 0 unspecified atom stereocenters. The van der Waals surface area contributed by atoms with Crippen molar-refractivity contribution in [3.8, 4) is 6.07 Å². The molecule has 0 radical (unpaired) electrons. The highest BCUT2D eigenvalue weighted by atomic mass is 16.3. The first-order valence-corrected chi connectivity index (χ1v) is 13.0. The van der Waals surface area contributed by atoms with E-state index in [1.54, 1.807) is 6.20 Å². The third-order valence-electron chi connectivity index (χ3n) is 10.5. The molecular weight excluding hydrogens is 382 g/mol. The van der Waals surface area contributed by atoms with Crippen LogP contribution in [0.4, 0.5) is 0 Å². The van der Waals surface area contributed by atoms with Gasteiger partial charge in [0.15, 0.2) is 0 Å². The van der Waals surface area contributed by atoms with Gasteiger partial charge >= 0.3 is 0 Å². The molecule has 9 atom stereocenters. The summed E-state index contributed by atoms with van der Waals surface area (Å²) in [6, 6.07) is 2.21. The van der Waals surface area contributed by atoms with E-state index in [4.69, 9.17) is 5.26 Å². The van der Waals surface area contributed by atoms with Gasteiger partial charge in [-0.3, -0.25) is 4.68 Å². The summed E-state index contributed by atoms with van der Waals surface area (Å²) in [5.74, 6) is 5.69. The van der Waals surface area contributed by atoms with E-state index in [9.17, 15) is 5.11 Å². The van der Waals surface area contributed by atoms with Crippen molar-refractivity contribution in [2.24, 2.45) is 46.8 Å². The lowest BCUT2D eigenvalue weighted by Crippen LogP contribution is -2.48. The molecule has 1 aromatic rings. The molecule has 4 nitrogen and oxygen atoms in total. The van der Waals surface area contributed by atoms with E-state index in [1.165, 1.54) is 51.4 Å². The largest absolute Gasteiger partial charge is 0.390 e. The molecule has 0 amide bonds. The zero-order valence-corrected chi connectivity index (χ0v) is 19.8. The third kappa shape index (κ3) is 3.75. The van der Waals surface area contributed by atoms with Crippen molar-refractivity contribution in [1.29, 1.82) is 5.26 Å². The first kappa shape index (κ1) is 21.5. The second-order valence-electron chi connectivity index (χ2n) is 12.3. The van der Waals surface area contributed by atoms with Crippen LogP contribution in [0.1, 0.15) is 90.5 Å². The van der Waals surface area contributed by atoms with E-state index in [0.717, 1.165) is 54.9 Å². The van der Waals surface area contributed by atoms with Crippen LogP contribution in [-0.2, 0) is 6.54 Å². The van der Waals surface area contributed by atoms with Gasteiger partial charge in [0.25, 0.3) is 0 Å². The second kappa shape index (κ2) is 7.91. The van der Waals surface area contributed by atoms with Gasteiger partial charge in [-0.2, -0.15) is 10.4 Å². The van der Waals surface area contributed by atoms with Crippen LogP contribution in [-0.4, -0.2) is 20.5 Å². The second-order valence-corrected chi connectivity index (χ2v) is 12.3. The highest BCUT2D eigenvalue weighted by molar-refractivity contribution is 5.21. The van der Waals surface area contributed by atoms with Crippen LogP contribution in [0.5, 0.6) is 0 Å². The Morgan fingerprint density at radius 1 is 1.13 bits per heavy atom. The van der Waals surface area contributed by atoms with Gasteiger partial charge in [-0.1, -0.05) is 20.3 Å². The fourth-order valence-corrected chi connectivity index (χ4v) is 9.24. The summed E-state index contributed by atoms with van der Waals surface area (Å²) >= 11 is 0. The lowest BCUT2D eigenvalue weighted by molar-refractivity contribution is -0.0695. The summed E-state index contributed by atoms with van der Waals surface area (Å²) < 4.78 is 1.99. The molecule has 5 rings (SSSR count). The number of rotatable bonds is 3. The van der Waals surface area contributed by atoms with Gasteiger partial charge in [0, 0.05) is 12.7 Å². The van der Waals surface area contributed by atoms with Crippen molar-refractivity contribution >= 4 is 0 Å². The van der Waals surface area contributed by atoms with Crippen molar-refractivity contribution in [2.45, 2.75) is 97.1 Å². The molecule has 4 heteroatoms. The number of fused-ring (bicyclic) bond motifs is 5. The molecule has 0 bridgehead atoms. The van der Waals surface area contributed by atoms with Crippen LogP contribution in [0.3, 0.4) is 0 Å². The summed E-state index contributed by atoms with van der Waals surface area (Å²) in [6.07, 6.45) is 16.5. The average Bonchev–Trinajstić information content (AvgIpc) is 3.28.